The largest absolute Gasteiger partial charge is 0.468 e. The van der Waals surface area contributed by atoms with Gasteiger partial charge < -0.3 is 10.1 Å². The van der Waals surface area contributed by atoms with Gasteiger partial charge in [-0.15, -0.1) is 0 Å². The lowest BCUT2D eigenvalue weighted by Crippen LogP contribution is -2.26. The maximum absolute atomic E-state index is 12.1. The van der Waals surface area contributed by atoms with E-state index in [1.54, 1.807) is 12.1 Å². The van der Waals surface area contributed by atoms with Crippen LogP contribution in [0.3, 0.4) is 0 Å². The number of nitrogens with zero attached hydrogens (tertiary/aromatic N) is 1. The second-order valence-corrected chi connectivity index (χ2v) is 7.05. The van der Waals surface area contributed by atoms with Crippen molar-refractivity contribution >= 4 is 15.9 Å². The number of hydrogen-bond donors (Lipinski definition) is 2. The fourth-order valence-corrected chi connectivity index (χ4v) is 2.54. The summed E-state index contributed by atoms with van der Waals surface area (Å²) >= 11 is 0. The van der Waals surface area contributed by atoms with Gasteiger partial charge in [0.15, 0.2) is 6.61 Å². The Kier molecular flexibility index (Phi) is 6.39. The van der Waals surface area contributed by atoms with Crippen molar-refractivity contribution < 1.29 is 31.1 Å². The van der Waals surface area contributed by atoms with Gasteiger partial charge in [-0.1, -0.05) is 12.1 Å². The van der Waals surface area contributed by atoms with Gasteiger partial charge in [-0.05, 0) is 30.2 Å². The normalized spacial score (nSPS) is 11.9. The number of aromatic nitrogens is 1. The molecule has 0 spiro atoms. The molecule has 0 fully saturated rings. The molecule has 1 amide bonds. The fraction of sp³-hybridized carbons (Fsp3) is 0.250. The standard InChI is InChI=1S/C16H16F3N3O4S/c17-16(18,19)10-26-14-6-3-12(9-22-14)15(23)21-8-7-11-1-4-13(5-2-11)27(20,24)25/h1-6,9H,7-8,10H2,(H,21,23)(H2,20,24,25). The molecule has 1 heterocycles. The number of amides is 1. The zero-order chi connectivity index (χ0) is 20.1. The lowest BCUT2D eigenvalue weighted by molar-refractivity contribution is -0.154. The van der Waals surface area contributed by atoms with Gasteiger partial charge in [-0.2, -0.15) is 13.2 Å². The first-order chi connectivity index (χ1) is 12.5. The van der Waals surface area contributed by atoms with Crippen molar-refractivity contribution in [2.45, 2.75) is 17.5 Å². The molecule has 1 aromatic carbocycles. The number of rotatable bonds is 7. The van der Waals surface area contributed by atoms with E-state index in [-0.39, 0.29) is 22.9 Å². The van der Waals surface area contributed by atoms with Gasteiger partial charge in [0.25, 0.3) is 5.91 Å². The summed E-state index contributed by atoms with van der Waals surface area (Å²) in [6, 6.07) is 8.38. The monoisotopic (exact) mass is 403 g/mol. The molecule has 1 aromatic heterocycles. The number of pyridine rings is 1. The van der Waals surface area contributed by atoms with Crippen LogP contribution in [0.25, 0.3) is 0 Å². The zero-order valence-electron chi connectivity index (χ0n) is 13.9. The second kappa shape index (κ2) is 8.35. The third-order valence-corrected chi connectivity index (χ3v) is 4.26. The summed E-state index contributed by atoms with van der Waals surface area (Å²) in [5.74, 6) is -0.690. The molecule has 7 nitrogen and oxygen atoms in total. The Morgan fingerprint density at radius 1 is 1.15 bits per heavy atom. The van der Waals surface area contributed by atoms with Crippen molar-refractivity contribution in [3.05, 3.63) is 53.7 Å². The predicted molar refractivity (Wildman–Crippen MR) is 89.6 cm³/mol. The molecule has 0 saturated heterocycles. The van der Waals surface area contributed by atoms with Crippen LogP contribution in [0, 0.1) is 0 Å². The average molecular weight is 403 g/mol. The molecular weight excluding hydrogens is 387 g/mol. The van der Waals surface area contributed by atoms with Crippen molar-refractivity contribution in [2.75, 3.05) is 13.2 Å². The van der Waals surface area contributed by atoms with Crippen LogP contribution in [0.5, 0.6) is 5.88 Å². The number of benzene rings is 1. The summed E-state index contributed by atoms with van der Waals surface area (Å²) in [5, 5.41) is 7.63. The lowest BCUT2D eigenvalue weighted by atomic mass is 10.1. The molecule has 2 aromatic rings. The van der Waals surface area contributed by atoms with Crippen molar-refractivity contribution in [2.24, 2.45) is 5.14 Å². The molecule has 0 aliphatic carbocycles. The SMILES string of the molecule is NS(=O)(=O)c1ccc(CCNC(=O)c2ccc(OCC(F)(F)F)nc2)cc1. The Morgan fingerprint density at radius 3 is 2.33 bits per heavy atom. The highest BCUT2D eigenvalue weighted by atomic mass is 32.2. The molecule has 0 aliphatic heterocycles. The minimum Gasteiger partial charge on any atom is -0.468 e. The van der Waals surface area contributed by atoms with Crippen LogP contribution >= 0.6 is 0 Å². The maximum Gasteiger partial charge on any atom is 0.422 e. The highest BCUT2D eigenvalue weighted by molar-refractivity contribution is 7.89. The van der Waals surface area contributed by atoms with Gasteiger partial charge in [0.1, 0.15) is 0 Å². The van der Waals surface area contributed by atoms with Crippen LogP contribution in [0.1, 0.15) is 15.9 Å². The maximum atomic E-state index is 12.1. The summed E-state index contributed by atoms with van der Waals surface area (Å²) in [5.41, 5.74) is 0.954. The van der Waals surface area contributed by atoms with E-state index < -0.39 is 28.7 Å². The number of carbonyl (C=O) groups excluding carboxylic acids is 1. The number of halogens is 3. The van der Waals surface area contributed by atoms with Crippen molar-refractivity contribution in [3.63, 3.8) is 0 Å². The minimum absolute atomic E-state index is 0.00538. The van der Waals surface area contributed by atoms with Gasteiger partial charge in [-0.25, -0.2) is 18.5 Å². The fourth-order valence-electron chi connectivity index (χ4n) is 2.02. The summed E-state index contributed by atoms with van der Waals surface area (Å²) in [4.78, 5) is 15.6. The Morgan fingerprint density at radius 2 is 1.81 bits per heavy atom. The van der Waals surface area contributed by atoms with Crippen molar-refractivity contribution in [1.82, 2.24) is 10.3 Å². The van der Waals surface area contributed by atoms with Crippen LogP contribution < -0.4 is 15.2 Å². The quantitative estimate of drug-likeness (QED) is 0.730. The number of sulfonamides is 1. The molecule has 11 heteroatoms. The van der Waals surface area contributed by atoms with Gasteiger partial charge in [0.05, 0.1) is 10.5 Å². The van der Waals surface area contributed by atoms with E-state index >= 15 is 0 Å². The Balaban J connectivity index is 1.83. The number of alkyl halides is 3. The first-order valence-corrected chi connectivity index (χ1v) is 9.15. The predicted octanol–water partition coefficient (Wildman–Crippen LogP) is 1.64. The number of primary sulfonamides is 1. The Bertz CT molecular complexity index is 883. The van der Waals surface area contributed by atoms with Gasteiger partial charge in [0.2, 0.25) is 15.9 Å². The second-order valence-electron chi connectivity index (χ2n) is 5.48. The van der Waals surface area contributed by atoms with Crippen molar-refractivity contribution in [1.29, 1.82) is 0 Å². The minimum atomic E-state index is -4.47. The summed E-state index contributed by atoms with van der Waals surface area (Å²) in [7, 11) is -3.75. The third-order valence-electron chi connectivity index (χ3n) is 3.33. The first-order valence-electron chi connectivity index (χ1n) is 7.60. The first kappa shape index (κ1) is 20.6. The molecule has 0 atom stereocenters. The van der Waals surface area contributed by atoms with Crippen LogP contribution in [0.2, 0.25) is 0 Å². The molecule has 0 unspecified atom stereocenters. The number of hydrogen-bond acceptors (Lipinski definition) is 5. The van der Waals surface area contributed by atoms with Crippen LogP contribution in [0.15, 0.2) is 47.5 Å². The number of ether oxygens (including phenoxy) is 1. The summed E-state index contributed by atoms with van der Waals surface area (Å²) in [6.45, 7) is -1.20. The molecule has 0 bridgehead atoms. The van der Waals surface area contributed by atoms with E-state index in [0.717, 1.165) is 11.8 Å². The molecular formula is C16H16F3N3O4S. The summed E-state index contributed by atoms with van der Waals surface area (Å²) < 4.78 is 63.0. The molecule has 27 heavy (non-hydrogen) atoms. The van der Waals surface area contributed by atoms with E-state index in [9.17, 15) is 26.4 Å². The van der Waals surface area contributed by atoms with Crippen LogP contribution in [-0.4, -0.2) is 38.6 Å². The number of nitrogens with one attached hydrogen (secondary N) is 1. The highest BCUT2D eigenvalue weighted by Crippen LogP contribution is 2.17. The van der Waals surface area contributed by atoms with Crippen LogP contribution in [0.4, 0.5) is 13.2 Å². The molecule has 0 saturated carbocycles. The van der Waals surface area contributed by atoms with Crippen molar-refractivity contribution in [3.8, 4) is 5.88 Å². The topological polar surface area (TPSA) is 111 Å². The Labute approximate surface area is 153 Å². The molecule has 3 N–H and O–H groups in total. The van der Waals surface area contributed by atoms with E-state index in [4.69, 9.17) is 5.14 Å². The average Bonchev–Trinajstić information content (AvgIpc) is 2.59. The van der Waals surface area contributed by atoms with E-state index in [2.05, 4.69) is 15.0 Å². The third kappa shape index (κ3) is 6.87. The van der Waals surface area contributed by atoms with Gasteiger partial charge >= 0.3 is 6.18 Å². The zero-order valence-corrected chi connectivity index (χ0v) is 14.7. The van der Waals surface area contributed by atoms with Gasteiger partial charge in [0, 0.05) is 18.8 Å². The molecule has 0 radical (unpaired) electrons. The number of nitrogens with two attached hydrogens (primary N) is 1. The molecule has 0 aliphatic rings. The number of carbonyl (C=O) groups is 1. The summed E-state index contributed by atoms with van der Waals surface area (Å²) in [6.07, 6.45) is -2.91. The highest BCUT2D eigenvalue weighted by Gasteiger charge is 2.28. The van der Waals surface area contributed by atoms with E-state index in [1.165, 1.54) is 24.3 Å². The van der Waals surface area contributed by atoms with Gasteiger partial charge in [-0.3, -0.25) is 4.79 Å². The molecule has 146 valence electrons. The molecule has 2 rings (SSSR count). The van der Waals surface area contributed by atoms with Crippen LogP contribution in [-0.2, 0) is 16.4 Å². The van der Waals surface area contributed by atoms with E-state index in [0.29, 0.717) is 6.42 Å². The Hall–Kier alpha value is -2.66. The van der Waals surface area contributed by atoms with E-state index in [1.807, 2.05) is 0 Å². The smallest absolute Gasteiger partial charge is 0.422 e. The lowest BCUT2D eigenvalue weighted by Gasteiger charge is -2.09.